The number of hydrogen-bond donors (Lipinski definition) is 0. The van der Waals surface area contributed by atoms with Gasteiger partial charge in [0, 0.05) is 30.8 Å². The van der Waals surface area contributed by atoms with Crippen LogP contribution in [0.3, 0.4) is 0 Å². The lowest BCUT2D eigenvalue weighted by Gasteiger charge is -2.26. The zero-order valence-corrected chi connectivity index (χ0v) is 16.1. The lowest BCUT2D eigenvalue weighted by Crippen LogP contribution is -2.42. The van der Waals surface area contributed by atoms with Crippen LogP contribution >= 0.6 is 0 Å². The van der Waals surface area contributed by atoms with Crippen LogP contribution in [0.15, 0.2) is 28.9 Å². The third kappa shape index (κ3) is 4.23. The molecule has 0 aliphatic carbocycles. The zero-order chi connectivity index (χ0) is 19.4. The van der Waals surface area contributed by atoms with Crippen LogP contribution in [0.4, 0.5) is 0 Å². The van der Waals surface area contributed by atoms with Crippen LogP contribution in [0.25, 0.3) is 0 Å². The topological polar surface area (TPSA) is 89.2 Å². The minimum atomic E-state index is -0.659. The van der Waals surface area contributed by atoms with Crippen LogP contribution in [0.2, 0.25) is 0 Å². The van der Waals surface area contributed by atoms with E-state index in [2.05, 4.69) is 15.2 Å². The smallest absolute Gasteiger partial charge is 0.291 e. The minimum Gasteiger partial charge on any atom is -0.423 e. The van der Waals surface area contributed by atoms with Crippen LogP contribution in [0.5, 0.6) is 0 Å². The number of likely N-dealkylation sites (tertiary alicyclic amines) is 1. The van der Waals surface area contributed by atoms with E-state index >= 15 is 0 Å². The van der Waals surface area contributed by atoms with Gasteiger partial charge in [-0.2, -0.15) is 0 Å². The average molecular weight is 370 g/mol. The van der Waals surface area contributed by atoms with E-state index in [0.717, 1.165) is 24.8 Å². The van der Waals surface area contributed by atoms with Crippen molar-refractivity contribution >= 4 is 11.7 Å². The number of carbonyl (C=O) groups is 2. The highest BCUT2D eigenvalue weighted by Crippen LogP contribution is 2.33. The normalized spacial score (nSPS) is 17.3. The van der Waals surface area contributed by atoms with E-state index in [1.165, 1.54) is 0 Å². The number of ketones is 1. The van der Waals surface area contributed by atoms with E-state index in [9.17, 15) is 9.59 Å². The van der Waals surface area contributed by atoms with Gasteiger partial charge in [-0.3, -0.25) is 14.6 Å². The standard InChI is InChI=1S/C20H26N4O3/c1-4-20(2,3)17(25)19(26)24-12-6-8-15(24)18-23-22-16(27-18)10-9-14-7-5-11-21-13-14/h5,7,11,13,15H,4,6,8-10,12H2,1-3H3/t15-/m0/s1. The summed E-state index contributed by atoms with van der Waals surface area (Å²) in [6, 6.07) is 3.59. The summed E-state index contributed by atoms with van der Waals surface area (Å²) < 4.78 is 5.81. The molecule has 1 aliphatic rings. The van der Waals surface area contributed by atoms with Crippen molar-refractivity contribution in [2.45, 2.75) is 58.9 Å². The average Bonchev–Trinajstić information content (AvgIpc) is 3.35. The summed E-state index contributed by atoms with van der Waals surface area (Å²) in [6.45, 7) is 6.07. The Hall–Kier alpha value is -2.57. The molecule has 0 saturated carbocycles. The van der Waals surface area contributed by atoms with Crippen LogP contribution < -0.4 is 0 Å². The van der Waals surface area contributed by atoms with Gasteiger partial charge in [-0.1, -0.05) is 26.8 Å². The molecular weight excluding hydrogens is 344 g/mol. The molecule has 7 heteroatoms. The molecule has 0 N–H and O–H groups in total. The van der Waals surface area contributed by atoms with E-state index in [-0.39, 0.29) is 11.8 Å². The second-order valence-electron chi connectivity index (χ2n) is 7.62. The van der Waals surface area contributed by atoms with Crippen LogP contribution in [0, 0.1) is 5.41 Å². The molecule has 0 radical (unpaired) electrons. The summed E-state index contributed by atoms with van der Waals surface area (Å²) in [5, 5.41) is 8.27. The number of Topliss-reactive ketones (excluding diaryl/α,β-unsaturated/α-hetero) is 1. The van der Waals surface area contributed by atoms with Gasteiger partial charge in [0.05, 0.1) is 0 Å². The van der Waals surface area contributed by atoms with Crippen LogP contribution in [0.1, 0.15) is 63.4 Å². The maximum atomic E-state index is 12.7. The predicted molar refractivity (Wildman–Crippen MR) is 98.7 cm³/mol. The molecule has 2 aromatic heterocycles. The number of hydrogen-bond acceptors (Lipinski definition) is 6. The van der Waals surface area contributed by atoms with E-state index in [1.807, 2.05) is 39.1 Å². The second-order valence-corrected chi connectivity index (χ2v) is 7.62. The fourth-order valence-corrected chi connectivity index (χ4v) is 3.15. The first kappa shape index (κ1) is 19.2. The lowest BCUT2D eigenvalue weighted by atomic mass is 9.84. The van der Waals surface area contributed by atoms with Gasteiger partial charge < -0.3 is 9.32 Å². The second kappa shape index (κ2) is 7.98. The van der Waals surface area contributed by atoms with Gasteiger partial charge in [0.2, 0.25) is 17.6 Å². The number of aromatic nitrogens is 3. The van der Waals surface area contributed by atoms with Crippen molar-refractivity contribution in [3.8, 4) is 0 Å². The molecule has 0 spiro atoms. The molecule has 0 bridgehead atoms. The number of amides is 1. The quantitative estimate of drug-likeness (QED) is 0.696. The van der Waals surface area contributed by atoms with Crippen molar-refractivity contribution in [3.05, 3.63) is 41.9 Å². The Morgan fingerprint density at radius 2 is 2.11 bits per heavy atom. The largest absolute Gasteiger partial charge is 0.423 e. The van der Waals surface area contributed by atoms with Crippen LogP contribution in [-0.4, -0.2) is 38.3 Å². The molecule has 1 aliphatic heterocycles. The molecule has 0 unspecified atom stereocenters. The summed E-state index contributed by atoms with van der Waals surface area (Å²) >= 11 is 0. The van der Waals surface area contributed by atoms with Crippen molar-refractivity contribution in [1.82, 2.24) is 20.1 Å². The number of aryl methyl sites for hydroxylation is 2. The summed E-state index contributed by atoms with van der Waals surface area (Å²) in [5.74, 6) is 0.158. The molecule has 27 heavy (non-hydrogen) atoms. The Kier molecular flexibility index (Phi) is 5.68. The van der Waals surface area contributed by atoms with E-state index in [1.54, 1.807) is 11.1 Å². The van der Waals surface area contributed by atoms with Gasteiger partial charge in [-0.15, -0.1) is 10.2 Å². The van der Waals surface area contributed by atoms with Crippen molar-refractivity contribution in [2.75, 3.05) is 6.54 Å². The van der Waals surface area contributed by atoms with Gasteiger partial charge >= 0.3 is 0 Å². The maximum absolute atomic E-state index is 12.7. The number of pyridine rings is 1. The summed E-state index contributed by atoms with van der Waals surface area (Å²) in [5.41, 5.74) is 0.441. The van der Waals surface area contributed by atoms with E-state index in [0.29, 0.717) is 31.2 Å². The molecule has 3 heterocycles. The number of rotatable bonds is 7. The van der Waals surface area contributed by atoms with E-state index < -0.39 is 11.3 Å². The fraction of sp³-hybridized carbons (Fsp3) is 0.550. The van der Waals surface area contributed by atoms with Crippen LogP contribution in [-0.2, 0) is 22.4 Å². The summed E-state index contributed by atoms with van der Waals surface area (Å²) in [7, 11) is 0. The Morgan fingerprint density at radius 3 is 2.81 bits per heavy atom. The molecule has 2 aromatic rings. The highest BCUT2D eigenvalue weighted by molar-refractivity contribution is 6.38. The first-order chi connectivity index (χ1) is 12.9. The molecule has 7 nitrogen and oxygen atoms in total. The van der Waals surface area contributed by atoms with Crippen molar-refractivity contribution in [3.63, 3.8) is 0 Å². The van der Waals surface area contributed by atoms with Gasteiger partial charge in [0.1, 0.15) is 6.04 Å². The Labute approximate surface area is 159 Å². The molecule has 1 atom stereocenters. The van der Waals surface area contributed by atoms with Gasteiger partial charge in [0.15, 0.2) is 0 Å². The van der Waals surface area contributed by atoms with Gasteiger partial charge in [0.25, 0.3) is 5.91 Å². The van der Waals surface area contributed by atoms with Crippen molar-refractivity contribution < 1.29 is 14.0 Å². The van der Waals surface area contributed by atoms with Gasteiger partial charge in [-0.25, -0.2) is 0 Å². The molecule has 0 aromatic carbocycles. The first-order valence-electron chi connectivity index (χ1n) is 9.49. The summed E-state index contributed by atoms with van der Waals surface area (Å²) in [4.78, 5) is 31.0. The third-order valence-corrected chi connectivity index (χ3v) is 5.32. The predicted octanol–water partition coefficient (Wildman–Crippen LogP) is 2.92. The summed E-state index contributed by atoms with van der Waals surface area (Å²) in [6.07, 6.45) is 7.10. The SMILES string of the molecule is CCC(C)(C)C(=O)C(=O)N1CCC[C@H]1c1nnc(CCc2cccnc2)o1. The first-order valence-corrected chi connectivity index (χ1v) is 9.49. The molecule has 1 saturated heterocycles. The fourth-order valence-electron chi connectivity index (χ4n) is 3.15. The maximum Gasteiger partial charge on any atom is 0.291 e. The van der Waals surface area contributed by atoms with Crippen molar-refractivity contribution in [2.24, 2.45) is 5.41 Å². The highest BCUT2D eigenvalue weighted by Gasteiger charge is 2.40. The Bertz CT molecular complexity index is 801. The molecular formula is C20H26N4O3. The lowest BCUT2D eigenvalue weighted by molar-refractivity contribution is -0.150. The molecule has 144 valence electrons. The van der Waals surface area contributed by atoms with Crippen molar-refractivity contribution in [1.29, 1.82) is 0 Å². The zero-order valence-electron chi connectivity index (χ0n) is 16.1. The minimum absolute atomic E-state index is 0.311. The van der Waals surface area contributed by atoms with Gasteiger partial charge in [-0.05, 0) is 37.3 Å². The molecule has 1 fully saturated rings. The third-order valence-electron chi connectivity index (χ3n) is 5.32. The Morgan fingerprint density at radius 1 is 1.30 bits per heavy atom. The highest BCUT2D eigenvalue weighted by atomic mass is 16.4. The Balaban J connectivity index is 1.68. The number of nitrogens with zero attached hydrogens (tertiary/aromatic N) is 4. The monoisotopic (exact) mass is 370 g/mol. The molecule has 3 rings (SSSR count). The number of carbonyl (C=O) groups excluding carboxylic acids is 2. The molecule has 1 amide bonds. The van der Waals surface area contributed by atoms with E-state index in [4.69, 9.17) is 4.42 Å².